The molecular weight excluding hydrogens is 859 g/mol. The fourth-order valence-electron chi connectivity index (χ4n) is 10.9. The first-order valence-corrected chi connectivity index (χ1v) is 24.2. The first-order chi connectivity index (χ1) is 34.2. The van der Waals surface area contributed by atoms with Crippen molar-refractivity contribution in [2.24, 2.45) is 0 Å². The van der Waals surface area contributed by atoms with Gasteiger partial charge in [-0.2, -0.15) is 0 Å². The summed E-state index contributed by atoms with van der Waals surface area (Å²) in [6, 6.07) is 80.9. The van der Waals surface area contributed by atoms with Crippen molar-refractivity contribution in [2.75, 3.05) is 0 Å². The normalized spacial score (nSPS) is 12.1. The topological polar surface area (TPSA) is 48.5 Å². The van der Waals surface area contributed by atoms with Crippen molar-refractivity contribution in [3.05, 3.63) is 224 Å². The van der Waals surface area contributed by atoms with E-state index in [0.29, 0.717) is 17.5 Å². The van der Waals surface area contributed by atoms with Crippen molar-refractivity contribution >= 4 is 107 Å². The standard InChI is InChI=1S/C63H37N5S/c1-2-15-42-36-43(25-24-38(42)12-1)62-64-61(41-26-31-45(32-27-41)67-53-21-9-7-18-48(53)49-19-8-10-22-54(49)67)65-63(66-62)44-29-33-50-51-20-11-23-56(60(51)69-57(50)37-44)68-55-35-30-39-13-3-5-16-46(39)58(55)52-34-28-40-14-4-6-17-47(40)59(52)68/h1-37H. The van der Waals surface area contributed by atoms with E-state index in [1.165, 1.54) is 96.4 Å². The van der Waals surface area contributed by atoms with Crippen molar-refractivity contribution in [3.63, 3.8) is 0 Å². The second-order valence-corrected chi connectivity index (χ2v) is 19.0. The molecule has 0 unspecified atom stereocenters. The third-order valence-corrected chi connectivity index (χ3v) is 15.3. The zero-order valence-electron chi connectivity index (χ0n) is 37.0. The van der Waals surface area contributed by atoms with Crippen LogP contribution in [0.4, 0.5) is 0 Å². The largest absolute Gasteiger partial charge is 0.309 e. The molecule has 0 radical (unpaired) electrons. The number of aromatic nitrogens is 5. The van der Waals surface area contributed by atoms with Gasteiger partial charge >= 0.3 is 0 Å². The summed E-state index contributed by atoms with van der Waals surface area (Å²) < 4.78 is 7.26. The molecule has 15 aromatic rings. The van der Waals surface area contributed by atoms with E-state index in [4.69, 9.17) is 15.0 Å². The SMILES string of the molecule is c1ccc2cc(-c3nc(-c4ccc(-n5c6ccccc6c6ccccc65)cc4)nc(-c4ccc5c(c4)sc4c(-n6c7ccc8ccccc8c7c7ccc8ccccc8c76)cccc45)n3)ccc2c1. The van der Waals surface area contributed by atoms with Gasteiger partial charge in [-0.1, -0.05) is 164 Å². The molecule has 0 aliphatic heterocycles. The minimum atomic E-state index is 0.627. The molecule has 11 aromatic carbocycles. The Balaban J connectivity index is 0.906. The summed E-state index contributed by atoms with van der Waals surface area (Å²) >= 11 is 1.83. The molecule has 4 heterocycles. The van der Waals surface area contributed by atoms with E-state index in [-0.39, 0.29) is 0 Å². The lowest BCUT2D eigenvalue weighted by Crippen LogP contribution is -2.00. The lowest BCUT2D eigenvalue weighted by Gasteiger charge is -2.11. The molecule has 0 saturated heterocycles. The average Bonchev–Trinajstić information content (AvgIpc) is 4.09. The van der Waals surface area contributed by atoms with Gasteiger partial charge in [0.25, 0.3) is 0 Å². The van der Waals surface area contributed by atoms with Crippen LogP contribution in [-0.2, 0) is 0 Å². The van der Waals surface area contributed by atoms with Crippen LogP contribution in [0, 0.1) is 0 Å². The van der Waals surface area contributed by atoms with Crippen LogP contribution in [0.25, 0.3) is 142 Å². The predicted molar refractivity (Wildman–Crippen MR) is 290 cm³/mol. The van der Waals surface area contributed by atoms with Crippen LogP contribution in [0.5, 0.6) is 0 Å². The second kappa shape index (κ2) is 14.8. The molecule has 320 valence electrons. The van der Waals surface area contributed by atoms with Gasteiger partial charge in [0, 0.05) is 64.8 Å². The van der Waals surface area contributed by atoms with E-state index in [0.717, 1.165) is 27.8 Å². The Kier molecular flexibility index (Phi) is 8.17. The highest BCUT2D eigenvalue weighted by atomic mass is 32.1. The molecule has 69 heavy (non-hydrogen) atoms. The van der Waals surface area contributed by atoms with E-state index in [1.54, 1.807) is 0 Å². The highest BCUT2D eigenvalue weighted by molar-refractivity contribution is 7.26. The third kappa shape index (κ3) is 5.79. The second-order valence-electron chi connectivity index (χ2n) is 18.0. The number of para-hydroxylation sites is 2. The number of benzene rings is 11. The number of fused-ring (bicyclic) bond motifs is 14. The molecule has 0 bridgehead atoms. The fraction of sp³-hybridized carbons (Fsp3) is 0. The van der Waals surface area contributed by atoms with Gasteiger partial charge in [0.05, 0.1) is 32.5 Å². The van der Waals surface area contributed by atoms with E-state index in [9.17, 15) is 0 Å². The van der Waals surface area contributed by atoms with Crippen molar-refractivity contribution in [3.8, 4) is 45.5 Å². The number of hydrogen-bond donors (Lipinski definition) is 0. The zero-order chi connectivity index (χ0) is 45.2. The highest BCUT2D eigenvalue weighted by Gasteiger charge is 2.21. The Morgan fingerprint density at radius 3 is 1.61 bits per heavy atom. The van der Waals surface area contributed by atoms with Crippen LogP contribution in [0.3, 0.4) is 0 Å². The number of hydrogen-bond acceptors (Lipinski definition) is 4. The van der Waals surface area contributed by atoms with Crippen LogP contribution in [0.15, 0.2) is 224 Å². The maximum atomic E-state index is 5.27. The lowest BCUT2D eigenvalue weighted by molar-refractivity contribution is 1.07. The third-order valence-electron chi connectivity index (χ3n) is 14.1. The molecule has 5 nitrogen and oxygen atoms in total. The summed E-state index contributed by atoms with van der Waals surface area (Å²) in [5, 5.41) is 14.7. The van der Waals surface area contributed by atoms with E-state index >= 15 is 0 Å². The molecule has 0 fully saturated rings. The summed E-state index contributed by atoms with van der Waals surface area (Å²) in [4.78, 5) is 15.7. The Morgan fingerprint density at radius 2 is 0.855 bits per heavy atom. The van der Waals surface area contributed by atoms with Gasteiger partial charge in [-0.05, 0) is 87.6 Å². The van der Waals surface area contributed by atoms with Gasteiger partial charge in [-0.15, -0.1) is 11.3 Å². The van der Waals surface area contributed by atoms with Gasteiger partial charge in [0.2, 0.25) is 0 Å². The van der Waals surface area contributed by atoms with Crippen LogP contribution >= 0.6 is 11.3 Å². The quantitative estimate of drug-likeness (QED) is 0.173. The van der Waals surface area contributed by atoms with Crippen LogP contribution in [-0.4, -0.2) is 24.1 Å². The van der Waals surface area contributed by atoms with Crippen molar-refractivity contribution in [1.29, 1.82) is 0 Å². The maximum absolute atomic E-state index is 5.27. The summed E-state index contributed by atoms with van der Waals surface area (Å²) in [5.41, 5.74) is 9.84. The van der Waals surface area contributed by atoms with E-state index in [1.807, 2.05) is 11.3 Å². The molecular formula is C63H37N5S. The van der Waals surface area contributed by atoms with Gasteiger partial charge in [0.15, 0.2) is 17.5 Å². The zero-order valence-corrected chi connectivity index (χ0v) is 37.8. The van der Waals surface area contributed by atoms with Gasteiger partial charge in [0.1, 0.15) is 0 Å². The van der Waals surface area contributed by atoms with E-state index in [2.05, 4.69) is 234 Å². The number of thiophene rings is 1. The average molecular weight is 896 g/mol. The molecule has 0 saturated carbocycles. The molecule has 15 rings (SSSR count). The maximum Gasteiger partial charge on any atom is 0.164 e. The van der Waals surface area contributed by atoms with Gasteiger partial charge in [-0.3, -0.25) is 0 Å². The molecule has 0 aliphatic rings. The fourth-order valence-corrected chi connectivity index (χ4v) is 12.2. The minimum Gasteiger partial charge on any atom is -0.309 e. The predicted octanol–water partition coefficient (Wildman–Crippen LogP) is 16.9. The van der Waals surface area contributed by atoms with Crippen molar-refractivity contribution in [1.82, 2.24) is 24.1 Å². The van der Waals surface area contributed by atoms with Crippen molar-refractivity contribution in [2.45, 2.75) is 0 Å². The van der Waals surface area contributed by atoms with Gasteiger partial charge in [-0.25, -0.2) is 15.0 Å². The molecule has 0 spiro atoms. The number of nitrogens with zero attached hydrogens (tertiary/aromatic N) is 5. The highest BCUT2D eigenvalue weighted by Crippen LogP contribution is 2.45. The smallest absolute Gasteiger partial charge is 0.164 e. The van der Waals surface area contributed by atoms with E-state index < -0.39 is 0 Å². The first kappa shape index (κ1) is 38.2. The van der Waals surface area contributed by atoms with Gasteiger partial charge < -0.3 is 9.13 Å². The molecule has 0 atom stereocenters. The Bertz CT molecular complexity index is 4560. The minimum absolute atomic E-state index is 0.627. The molecule has 6 heteroatoms. The van der Waals surface area contributed by atoms with Crippen LogP contribution in [0.2, 0.25) is 0 Å². The van der Waals surface area contributed by atoms with Crippen LogP contribution in [0.1, 0.15) is 0 Å². The Hall–Kier alpha value is -8.97. The van der Waals surface area contributed by atoms with Crippen molar-refractivity contribution < 1.29 is 0 Å². The summed E-state index contributed by atoms with van der Waals surface area (Å²) in [5.74, 6) is 1.90. The van der Waals surface area contributed by atoms with Crippen LogP contribution < -0.4 is 0 Å². The summed E-state index contributed by atoms with van der Waals surface area (Å²) in [6.45, 7) is 0. The molecule has 0 amide bonds. The first-order valence-electron chi connectivity index (χ1n) is 23.3. The molecule has 0 N–H and O–H groups in total. The Morgan fingerprint density at radius 1 is 0.319 bits per heavy atom. The molecule has 0 aliphatic carbocycles. The molecule has 4 aromatic heterocycles. The monoisotopic (exact) mass is 895 g/mol. The number of rotatable bonds is 5. The summed E-state index contributed by atoms with van der Waals surface area (Å²) in [6.07, 6.45) is 0. The Labute approximate surface area is 399 Å². The summed E-state index contributed by atoms with van der Waals surface area (Å²) in [7, 11) is 0. The lowest BCUT2D eigenvalue weighted by atomic mass is 10.0.